The van der Waals surface area contributed by atoms with Gasteiger partial charge in [0.15, 0.2) is 0 Å². The van der Waals surface area contributed by atoms with Crippen LogP contribution in [0.4, 0.5) is 0 Å². The zero-order chi connectivity index (χ0) is 16.5. The number of aromatic amines is 1. The summed E-state index contributed by atoms with van der Waals surface area (Å²) in [6.07, 6.45) is 0. The molecule has 0 aliphatic rings. The lowest BCUT2D eigenvalue weighted by atomic mass is 10.0. The van der Waals surface area contributed by atoms with Gasteiger partial charge in [-0.05, 0) is 44.9 Å². The normalized spacial score (nSPS) is 12.2. The van der Waals surface area contributed by atoms with Crippen LogP contribution >= 0.6 is 27.3 Å². The second kappa shape index (κ2) is 4.84. The third-order valence-electron chi connectivity index (χ3n) is 5.05. The minimum Gasteiger partial charge on any atom is -0.354 e. The van der Waals surface area contributed by atoms with Gasteiger partial charge >= 0.3 is 0 Å². The maximum atomic E-state index is 3.80. The third kappa shape index (κ3) is 1.77. The lowest BCUT2D eigenvalue weighted by molar-refractivity contribution is 1.55. The molecule has 0 saturated carbocycles. The molecule has 0 fully saturated rings. The zero-order valence-electron chi connectivity index (χ0n) is 13.1. The Hall–Kier alpha value is -2.36. The van der Waals surface area contributed by atoms with E-state index in [9.17, 15) is 0 Å². The molecule has 6 rings (SSSR count). The van der Waals surface area contributed by atoms with Gasteiger partial charge in [-0.15, -0.1) is 11.3 Å². The van der Waals surface area contributed by atoms with Crippen LogP contribution < -0.4 is 0 Å². The van der Waals surface area contributed by atoms with Gasteiger partial charge in [-0.2, -0.15) is 0 Å². The fraction of sp³-hybridized carbons (Fsp3) is 0. The quantitative estimate of drug-likeness (QED) is 0.269. The number of thiophene rings is 1. The first-order valence-corrected chi connectivity index (χ1v) is 9.85. The van der Waals surface area contributed by atoms with Crippen molar-refractivity contribution in [2.75, 3.05) is 0 Å². The van der Waals surface area contributed by atoms with Crippen molar-refractivity contribution in [3.8, 4) is 0 Å². The standard InChI is InChI=1S/C22H12BrNS/c23-16-11-12-5-1-2-6-13(12)19-15-9-10-18-20(21(15)25-22(16)19)14-7-3-4-8-17(14)24-18/h1-11,24H. The van der Waals surface area contributed by atoms with Crippen molar-refractivity contribution in [1.29, 1.82) is 0 Å². The number of fused-ring (bicyclic) bond motifs is 9. The summed E-state index contributed by atoms with van der Waals surface area (Å²) in [4.78, 5) is 3.56. The molecular formula is C22H12BrNS. The zero-order valence-corrected chi connectivity index (χ0v) is 15.5. The van der Waals surface area contributed by atoms with Crippen LogP contribution in [-0.4, -0.2) is 4.98 Å². The molecule has 3 heteroatoms. The van der Waals surface area contributed by atoms with Gasteiger partial charge in [0.2, 0.25) is 0 Å². The van der Waals surface area contributed by atoms with Gasteiger partial charge in [0, 0.05) is 41.8 Å². The van der Waals surface area contributed by atoms with Crippen LogP contribution in [-0.2, 0) is 0 Å². The maximum absolute atomic E-state index is 3.80. The minimum absolute atomic E-state index is 1.18. The van der Waals surface area contributed by atoms with Gasteiger partial charge in [0.05, 0.1) is 4.70 Å². The topological polar surface area (TPSA) is 15.8 Å². The number of benzene rings is 4. The number of rotatable bonds is 0. The summed E-state index contributed by atoms with van der Waals surface area (Å²) >= 11 is 5.69. The number of nitrogens with one attached hydrogen (secondary N) is 1. The van der Waals surface area contributed by atoms with Crippen LogP contribution in [0.2, 0.25) is 0 Å². The molecule has 118 valence electrons. The lowest BCUT2D eigenvalue weighted by Gasteiger charge is -2.02. The average molecular weight is 402 g/mol. The minimum atomic E-state index is 1.18. The van der Waals surface area contributed by atoms with Gasteiger partial charge < -0.3 is 4.98 Å². The van der Waals surface area contributed by atoms with Crippen molar-refractivity contribution in [2.45, 2.75) is 0 Å². The summed E-state index contributed by atoms with van der Waals surface area (Å²) in [5.74, 6) is 0. The Morgan fingerprint density at radius 1 is 0.680 bits per heavy atom. The third-order valence-corrected chi connectivity index (χ3v) is 7.20. The fourth-order valence-electron chi connectivity index (χ4n) is 3.98. The van der Waals surface area contributed by atoms with Gasteiger partial charge in [0.25, 0.3) is 0 Å². The summed E-state index contributed by atoms with van der Waals surface area (Å²) in [5.41, 5.74) is 2.41. The largest absolute Gasteiger partial charge is 0.354 e. The van der Waals surface area contributed by atoms with Crippen LogP contribution in [0, 0.1) is 0 Å². The summed E-state index contributed by atoms with van der Waals surface area (Å²) in [7, 11) is 0. The highest BCUT2D eigenvalue weighted by Crippen LogP contribution is 2.46. The SMILES string of the molecule is Brc1cc2ccccc2c2c1sc1c2ccc2[nH]c3ccccc3c21. The van der Waals surface area contributed by atoms with E-state index in [1.165, 1.54) is 57.2 Å². The van der Waals surface area contributed by atoms with E-state index >= 15 is 0 Å². The van der Waals surface area contributed by atoms with Crippen molar-refractivity contribution in [3.05, 3.63) is 71.2 Å². The van der Waals surface area contributed by atoms with E-state index in [4.69, 9.17) is 0 Å². The summed E-state index contributed by atoms with van der Waals surface area (Å²) in [6.45, 7) is 0. The Labute approximate surface area is 156 Å². The highest BCUT2D eigenvalue weighted by Gasteiger charge is 2.16. The van der Waals surface area contributed by atoms with Crippen molar-refractivity contribution in [1.82, 2.24) is 4.98 Å². The summed E-state index contributed by atoms with van der Waals surface area (Å²) in [6, 6.07) is 23.9. The Morgan fingerprint density at radius 2 is 1.48 bits per heavy atom. The van der Waals surface area contributed by atoms with E-state index in [2.05, 4.69) is 87.6 Å². The van der Waals surface area contributed by atoms with Crippen molar-refractivity contribution < 1.29 is 0 Å². The van der Waals surface area contributed by atoms with Gasteiger partial charge in [-0.3, -0.25) is 0 Å². The van der Waals surface area contributed by atoms with Crippen LogP contribution in [0.1, 0.15) is 0 Å². The van der Waals surface area contributed by atoms with Gasteiger partial charge in [0.1, 0.15) is 0 Å². The second-order valence-electron chi connectivity index (χ2n) is 6.42. The molecule has 0 radical (unpaired) electrons. The van der Waals surface area contributed by atoms with Crippen LogP contribution in [0.15, 0.2) is 71.2 Å². The van der Waals surface area contributed by atoms with Crippen LogP contribution in [0.25, 0.3) is 52.8 Å². The van der Waals surface area contributed by atoms with Crippen molar-refractivity contribution in [3.63, 3.8) is 0 Å². The number of hydrogen-bond acceptors (Lipinski definition) is 1. The molecular weight excluding hydrogens is 390 g/mol. The van der Waals surface area contributed by atoms with E-state index < -0.39 is 0 Å². The van der Waals surface area contributed by atoms with Gasteiger partial charge in [-0.25, -0.2) is 0 Å². The van der Waals surface area contributed by atoms with Crippen LogP contribution in [0.5, 0.6) is 0 Å². The smallest absolute Gasteiger partial charge is 0.0504 e. The Kier molecular flexibility index (Phi) is 2.69. The fourth-order valence-corrected chi connectivity index (χ4v) is 5.95. The molecule has 0 aliphatic heterocycles. The van der Waals surface area contributed by atoms with E-state index in [1.807, 2.05) is 11.3 Å². The molecule has 0 amide bonds. The maximum Gasteiger partial charge on any atom is 0.0504 e. The first-order chi connectivity index (χ1) is 12.3. The van der Waals surface area contributed by atoms with Crippen molar-refractivity contribution >= 4 is 80.0 Å². The second-order valence-corrected chi connectivity index (χ2v) is 8.30. The molecule has 25 heavy (non-hydrogen) atoms. The highest BCUT2D eigenvalue weighted by molar-refractivity contribution is 9.10. The first-order valence-electron chi connectivity index (χ1n) is 8.24. The molecule has 0 aliphatic carbocycles. The molecule has 4 aromatic carbocycles. The number of para-hydroxylation sites is 1. The number of H-pyrrole nitrogens is 1. The molecule has 1 nitrogen and oxygen atoms in total. The van der Waals surface area contributed by atoms with E-state index in [-0.39, 0.29) is 0 Å². The molecule has 0 bridgehead atoms. The molecule has 0 unspecified atom stereocenters. The monoisotopic (exact) mass is 401 g/mol. The molecule has 2 aromatic heterocycles. The molecule has 0 saturated heterocycles. The van der Waals surface area contributed by atoms with E-state index in [0.29, 0.717) is 0 Å². The molecule has 1 N–H and O–H groups in total. The lowest BCUT2D eigenvalue weighted by Crippen LogP contribution is -1.76. The molecule has 2 heterocycles. The molecule has 0 atom stereocenters. The van der Waals surface area contributed by atoms with Crippen LogP contribution in [0.3, 0.4) is 0 Å². The Morgan fingerprint density at radius 3 is 2.40 bits per heavy atom. The molecule has 6 aromatic rings. The number of hydrogen-bond donors (Lipinski definition) is 1. The van der Waals surface area contributed by atoms with Crippen molar-refractivity contribution in [2.24, 2.45) is 0 Å². The Bertz CT molecular complexity index is 1460. The molecule has 0 spiro atoms. The van der Waals surface area contributed by atoms with E-state index in [1.54, 1.807) is 0 Å². The summed E-state index contributed by atoms with van der Waals surface area (Å²) < 4.78 is 3.86. The Balaban J connectivity index is 1.96. The predicted molar refractivity (Wildman–Crippen MR) is 114 cm³/mol. The predicted octanol–water partition coefficient (Wildman–Crippen LogP) is 7.60. The average Bonchev–Trinajstić information content (AvgIpc) is 3.20. The van der Waals surface area contributed by atoms with Gasteiger partial charge in [-0.1, -0.05) is 48.5 Å². The number of aromatic nitrogens is 1. The first kappa shape index (κ1) is 13.9. The summed E-state index contributed by atoms with van der Waals surface area (Å²) in [5, 5.41) is 7.94. The number of halogens is 1. The van der Waals surface area contributed by atoms with E-state index in [0.717, 1.165) is 0 Å². The highest BCUT2D eigenvalue weighted by atomic mass is 79.9.